The molecular weight excluding hydrogens is 214 g/mol. The van der Waals surface area contributed by atoms with Gasteiger partial charge in [-0.05, 0) is 19.3 Å². The summed E-state index contributed by atoms with van der Waals surface area (Å²) in [5.74, 6) is 7.84. The monoisotopic (exact) mass is 235 g/mol. The van der Waals surface area contributed by atoms with Crippen molar-refractivity contribution in [3.63, 3.8) is 0 Å². The molecule has 1 aliphatic rings. The van der Waals surface area contributed by atoms with Gasteiger partial charge in [-0.2, -0.15) is 0 Å². The molecule has 1 aromatic rings. The SMILES string of the molecule is Cc1c(NN)ncnc1NCCC1CCCC1. The molecule has 94 valence electrons. The summed E-state index contributed by atoms with van der Waals surface area (Å²) in [7, 11) is 0. The number of nitrogens with zero attached hydrogens (tertiary/aromatic N) is 2. The van der Waals surface area contributed by atoms with E-state index in [4.69, 9.17) is 5.84 Å². The lowest BCUT2D eigenvalue weighted by Crippen LogP contribution is -2.14. The predicted octanol–water partition coefficient (Wildman–Crippen LogP) is 2.06. The van der Waals surface area contributed by atoms with Gasteiger partial charge in [0.05, 0.1) is 0 Å². The van der Waals surface area contributed by atoms with Crippen LogP contribution < -0.4 is 16.6 Å². The Morgan fingerprint density at radius 3 is 2.71 bits per heavy atom. The first kappa shape index (κ1) is 12.1. The molecule has 2 rings (SSSR count). The highest BCUT2D eigenvalue weighted by Gasteiger charge is 2.14. The zero-order chi connectivity index (χ0) is 12.1. The minimum Gasteiger partial charge on any atom is -0.370 e. The van der Waals surface area contributed by atoms with E-state index in [0.29, 0.717) is 5.82 Å². The highest BCUT2D eigenvalue weighted by molar-refractivity contribution is 5.55. The Morgan fingerprint density at radius 1 is 1.29 bits per heavy atom. The van der Waals surface area contributed by atoms with Crippen molar-refractivity contribution >= 4 is 11.6 Å². The third-order valence-corrected chi connectivity index (χ3v) is 3.54. The Balaban J connectivity index is 1.85. The Morgan fingerprint density at radius 2 is 2.00 bits per heavy atom. The predicted molar refractivity (Wildman–Crippen MR) is 69.6 cm³/mol. The van der Waals surface area contributed by atoms with Gasteiger partial charge in [-0.3, -0.25) is 0 Å². The second-order valence-corrected chi connectivity index (χ2v) is 4.71. The van der Waals surface area contributed by atoms with Gasteiger partial charge in [0, 0.05) is 12.1 Å². The van der Waals surface area contributed by atoms with E-state index in [0.717, 1.165) is 23.8 Å². The van der Waals surface area contributed by atoms with E-state index in [-0.39, 0.29) is 0 Å². The fraction of sp³-hybridized carbons (Fsp3) is 0.667. The molecule has 0 bridgehead atoms. The number of anilines is 2. The standard InChI is InChI=1S/C12H21N5/c1-9-11(15-8-16-12(9)17-13)14-7-6-10-4-2-3-5-10/h8,10H,2-7,13H2,1H3,(H2,14,15,16,17). The van der Waals surface area contributed by atoms with Crippen LogP contribution in [0.15, 0.2) is 6.33 Å². The number of hydrogen-bond acceptors (Lipinski definition) is 5. The van der Waals surface area contributed by atoms with Crippen LogP contribution in [0.5, 0.6) is 0 Å². The second-order valence-electron chi connectivity index (χ2n) is 4.71. The number of nitrogen functional groups attached to an aromatic ring is 1. The van der Waals surface area contributed by atoms with E-state index in [1.165, 1.54) is 38.4 Å². The quantitative estimate of drug-likeness (QED) is 0.538. The molecule has 1 aliphatic carbocycles. The van der Waals surface area contributed by atoms with Gasteiger partial charge in [0.2, 0.25) is 0 Å². The van der Waals surface area contributed by atoms with E-state index in [2.05, 4.69) is 20.7 Å². The first-order valence-electron chi connectivity index (χ1n) is 6.33. The maximum absolute atomic E-state index is 5.38. The van der Waals surface area contributed by atoms with Crippen molar-refractivity contribution in [2.45, 2.75) is 39.0 Å². The molecule has 0 radical (unpaired) electrons. The number of nitrogens with one attached hydrogen (secondary N) is 2. The van der Waals surface area contributed by atoms with Crippen molar-refractivity contribution in [3.05, 3.63) is 11.9 Å². The van der Waals surface area contributed by atoms with Crippen LogP contribution in [0, 0.1) is 12.8 Å². The molecule has 17 heavy (non-hydrogen) atoms. The van der Waals surface area contributed by atoms with Crippen LogP contribution in [-0.4, -0.2) is 16.5 Å². The fourth-order valence-corrected chi connectivity index (χ4v) is 2.47. The van der Waals surface area contributed by atoms with Crippen LogP contribution in [0.4, 0.5) is 11.6 Å². The molecule has 1 aromatic heterocycles. The zero-order valence-corrected chi connectivity index (χ0v) is 10.4. The van der Waals surface area contributed by atoms with Crippen LogP contribution in [0.1, 0.15) is 37.7 Å². The average Bonchev–Trinajstić information content (AvgIpc) is 2.84. The molecule has 1 heterocycles. The van der Waals surface area contributed by atoms with Gasteiger partial charge in [0.25, 0.3) is 0 Å². The number of nitrogens with two attached hydrogens (primary N) is 1. The third-order valence-electron chi connectivity index (χ3n) is 3.54. The smallest absolute Gasteiger partial charge is 0.148 e. The Hall–Kier alpha value is -1.36. The van der Waals surface area contributed by atoms with Gasteiger partial charge in [-0.15, -0.1) is 0 Å². The van der Waals surface area contributed by atoms with Gasteiger partial charge in [-0.1, -0.05) is 25.7 Å². The maximum atomic E-state index is 5.38. The molecule has 0 unspecified atom stereocenters. The first-order chi connectivity index (χ1) is 8.31. The van der Waals surface area contributed by atoms with Crippen molar-refractivity contribution in [3.8, 4) is 0 Å². The van der Waals surface area contributed by atoms with Crippen molar-refractivity contribution in [1.82, 2.24) is 9.97 Å². The van der Waals surface area contributed by atoms with Crippen molar-refractivity contribution in [2.75, 3.05) is 17.3 Å². The number of hydrogen-bond donors (Lipinski definition) is 3. The number of rotatable bonds is 5. The minimum atomic E-state index is 0.684. The van der Waals surface area contributed by atoms with E-state index in [9.17, 15) is 0 Å². The summed E-state index contributed by atoms with van der Waals surface area (Å²) < 4.78 is 0. The summed E-state index contributed by atoms with van der Waals surface area (Å²) in [6, 6.07) is 0. The van der Waals surface area contributed by atoms with E-state index >= 15 is 0 Å². The van der Waals surface area contributed by atoms with Gasteiger partial charge in [0.1, 0.15) is 18.0 Å². The largest absolute Gasteiger partial charge is 0.370 e. The summed E-state index contributed by atoms with van der Waals surface area (Å²) in [5.41, 5.74) is 3.55. The number of aromatic nitrogens is 2. The lowest BCUT2D eigenvalue weighted by Gasteiger charge is -2.13. The molecule has 0 atom stereocenters. The van der Waals surface area contributed by atoms with Crippen molar-refractivity contribution in [1.29, 1.82) is 0 Å². The van der Waals surface area contributed by atoms with Crippen LogP contribution >= 0.6 is 0 Å². The molecule has 0 saturated heterocycles. The molecule has 0 spiro atoms. The van der Waals surface area contributed by atoms with E-state index in [1.54, 1.807) is 0 Å². The molecule has 5 heteroatoms. The topological polar surface area (TPSA) is 75.9 Å². The Labute approximate surface area is 102 Å². The number of hydrazine groups is 1. The summed E-state index contributed by atoms with van der Waals surface area (Å²) in [5, 5.41) is 3.37. The molecule has 5 nitrogen and oxygen atoms in total. The normalized spacial score (nSPS) is 16.1. The van der Waals surface area contributed by atoms with Crippen molar-refractivity contribution < 1.29 is 0 Å². The third kappa shape index (κ3) is 3.06. The van der Waals surface area contributed by atoms with Crippen molar-refractivity contribution in [2.24, 2.45) is 11.8 Å². The van der Waals surface area contributed by atoms with Crippen LogP contribution in [0.25, 0.3) is 0 Å². The maximum Gasteiger partial charge on any atom is 0.148 e. The minimum absolute atomic E-state index is 0.684. The fourth-order valence-electron chi connectivity index (χ4n) is 2.47. The second kappa shape index (κ2) is 5.82. The highest BCUT2D eigenvalue weighted by Crippen LogP contribution is 2.27. The highest BCUT2D eigenvalue weighted by atomic mass is 15.3. The van der Waals surface area contributed by atoms with Gasteiger partial charge in [-0.25, -0.2) is 15.8 Å². The average molecular weight is 235 g/mol. The summed E-state index contributed by atoms with van der Waals surface area (Å²) in [6.45, 7) is 2.94. The van der Waals surface area contributed by atoms with Crippen LogP contribution in [0.3, 0.4) is 0 Å². The lowest BCUT2D eigenvalue weighted by molar-refractivity contribution is 0.518. The summed E-state index contributed by atoms with van der Waals surface area (Å²) in [6.07, 6.45) is 8.34. The lowest BCUT2D eigenvalue weighted by atomic mass is 10.0. The molecular formula is C12H21N5. The van der Waals surface area contributed by atoms with Gasteiger partial charge < -0.3 is 10.7 Å². The Kier molecular flexibility index (Phi) is 4.14. The molecule has 4 N–H and O–H groups in total. The van der Waals surface area contributed by atoms with Gasteiger partial charge in [0.15, 0.2) is 0 Å². The van der Waals surface area contributed by atoms with Crippen LogP contribution in [-0.2, 0) is 0 Å². The molecule has 0 aromatic carbocycles. The van der Waals surface area contributed by atoms with Crippen LogP contribution in [0.2, 0.25) is 0 Å². The van der Waals surface area contributed by atoms with E-state index < -0.39 is 0 Å². The first-order valence-corrected chi connectivity index (χ1v) is 6.33. The molecule has 0 aliphatic heterocycles. The summed E-state index contributed by atoms with van der Waals surface area (Å²) >= 11 is 0. The van der Waals surface area contributed by atoms with E-state index in [1.807, 2.05) is 6.92 Å². The molecule has 1 fully saturated rings. The zero-order valence-electron chi connectivity index (χ0n) is 10.4. The summed E-state index contributed by atoms with van der Waals surface area (Å²) in [4.78, 5) is 8.29. The van der Waals surface area contributed by atoms with Gasteiger partial charge >= 0.3 is 0 Å². The molecule has 1 saturated carbocycles. The molecule has 0 amide bonds. The Bertz CT molecular complexity index is 360.